The number of carbonyl (C=O) groups is 2. The highest BCUT2D eigenvalue weighted by Gasteiger charge is 2.33. The second-order valence-electron chi connectivity index (χ2n) is 7.79. The van der Waals surface area contributed by atoms with Crippen LogP contribution < -0.4 is 10.2 Å². The summed E-state index contributed by atoms with van der Waals surface area (Å²) < 4.78 is 0. The van der Waals surface area contributed by atoms with Gasteiger partial charge < -0.3 is 10.2 Å². The third kappa shape index (κ3) is 4.21. The summed E-state index contributed by atoms with van der Waals surface area (Å²) in [5.41, 5.74) is 4.33. The molecule has 1 aliphatic heterocycles. The highest BCUT2D eigenvalue weighted by molar-refractivity contribution is 5.95. The van der Waals surface area contributed by atoms with Gasteiger partial charge in [0.1, 0.15) is 0 Å². The van der Waals surface area contributed by atoms with Crippen LogP contribution in [0.4, 0.5) is 5.69 Å². The molecule has 1 saturated heterocycles. The molecule has 4 rings (SSSR count). The minimum atomic E-state index is 0.0532. The molecule has 2 fully saturated rings. The molecule has 1 saturated carbocycles. The number of aryl methyl sites for hydroxylation is 1. The lowest BCUT2D eigenvalue weighted by molar-refractivity contribution is -0.121. The van der Waals surface area contributed by atoms with Crippen molar-refractivity contribution in [2.75, 3.05) is 11.4 Å². The lowest BCUT2D eigenvalue weighted by Crippen LogP contribution is -2.31. The Morgan fingerprint density at radius 3 is 2.41 bits per heavy atom. The van der Waals surface area contributed by atoms with Crippen molar-refractivity contribution >= 4 is 17.5 Å². The van der Waals surface area contributed by atoms with Crippen molar-refractivity contribution in [3.8, 4) is 0 Å². The smallest absolute Gasteiger partial charge is 0.227 e. The van der Waals surface area contributed by atoms with E-state index in [-0.39, 0.29) is 17.9 Å². The summed E-state index contributed by atoms with van der Waals surface area (Å²) in [6.45, 7) is 2.87. The first-order valence-electron chi connectivity index (χ1n) is 9.85. The minimum Gasteiger partial charge on any atom is -0.349 e. The molecule has 1 heterocycles. The number of benzene rings is 2. The standard InChI is InChI=1S/C23H26N2O2/c1-16-4-8-18(9-5-16)23(19-10-11-19)24-21(26)15-17-6-12-20(13-7-17)25-14-2-3-22(25)27/h4-9,12-13,19,23H,2-3,10-11,14-15H2,1H3,(H,24,26). The zero-order valence-corrected chi connectivity index (χ0v) is 15.8. The summed E-state index contributed by atoms with van der Waals surface area (Å²) in [4.78, 5) is 26.3. The van der Waals surface area contributed by atoms with Gasteiger partial charge in [-0.3, -0.25) is 9.59 Å². The van der Waals surface area contributed by atoms with Gasteiger partial charge >= 0.3 is 0 Å². The van der Waals surface area contributed by atoms with E-state index in [1.807, 2.05) is 29.2 Å². The van der Waals surface area contributed by atoms with Crippen molar-refractivity contribution in [1.82, 2.24) is 5.32 Å². The van der Waals surface area contributed by atoms with Crippen LogP contribution in [0, 0.1) is 12.8 Å². The van der Waals surface area contributed by atoms with Gasteiger partial charge in [-0.2, -0.15) is 0 Å². The van der Waals surface area contributed by atoms with Crippen LogP contribution in [0.25, 0.3) is 0 Å². The van der Waals surface area contributed by atoms with E-state index in [4.69, 9.17) is 0 Å². The summed E-state index contributed by atoms with van der Waals surface area (Å²) >= 11 is 0. The van der Waals surface area contributed by atoms with Crippen molar-refractivity contribution in [2.45, 2.75) is 45.1 Å². The first-order valence-corrected chi connectivity index (χ1v) is 9.85. The van der Waals surface area contributed by atoms with Crippen LogP contribution in [0.2, 0.25) is 0 Å². The molecule has 2 aliphatic rings. The van der Waals surface area contributed by atoms with Crippen LogP contribution in [0.3, 0.4) is 0 Å². The highest BCUT2D eigenvalue weighted by atomic mass is 16.2. The quantitative estimate of drug-likeness (QED) is 0.846. The summed E-state index contributed by atoms with van der Waals surface area (Å²) in [5.74, 6) is 0.795. The Balaban J connectivity index is 1.39. The molecule has 0 bridgehead atoms. The Hall–Kier alpha value is -2.62. The van der Waals surface area contributed by atoms with Crippen molar-refractivity contribution in [3.05, 3.63) is 65.2 Å². The molecule has 2 aromatic carbocycles. The topological polar surface area (TPSA) is 49.4 Å². The largest absolute Gasteiger partial charge is 0.349 e. The van der Waals surface area contributed by atoms with Gasteiger partial charge in [-0.1, -0.05) is 42.0 Å². The molecule has 1 N–H and O–H groups in total. The van der Waals surface area contributed by atoms with Gasteiger partial charge in [-0.15, -0.1) is 0 Å². The van der Waals surface area contributed by atoms with E-state index in [0.29, 0.717) is 18.8 Å². The van der Waals surface area contributed by atoms with Crippen LogP contribution in [0.5, 0.6) is 0 Å². The van der Waals surface area contributed by atoms with E-state index in [2.05, 4.69) is 36.5 Å². The van der Waals surface area contributed by atoms with E-state index >= 15 is 0 Å². The van der Waals surface area contributed by atoms with Gasteiger partial charge in [0.15, 0.2) is 0 Å². The predicted molar refractivity (Wildman–Crippen MR) is 107 cm³/mol. The molecule has 2 amide bonds. The van der Waals surface area contributed by atoms with Crippen molar-refractivity contribution in [2.24, 2.45) is 5.92 Å². The third-order valence-corrected chi connectivity index (χ3v) is 5.53. The molecule has 2 aromatic rings. The Morgan fingerprint density at radius 1 is 1.11 bits per heavy atom. The Bertz CT molecular complexity index is 822. The normalized spacial score (nSPS) is 17.8. The number of carbonyl (C=O) groups excluding carboxylic acids is 2. The van der Waals surface area contributed by atoms with E-state index in [1.165, 1.54) is 24.0 Å². The zero-order chi connectivity index (χ0) is 18.8. The molecule has 0 aromatic heterocycles. The first-order chi connectivity index (χ1) is 13.1. The molecule has 4 nitrogen and oxygen atoms in total. The number of hydrogen-bond donors (Lipinski definition) is 1. The average Bonchev–Trinajstić information content (AvgIpc) is 3.42. The second kappa shape index (κ2) is 7.55. The highest BCUT2D eigenvalue weighted by Crippen LogP contribution is 2.41. The molecule has 0 spiro atoms. The molecule has 1 unspecified atom stereocenters. The van der Waals surface area contributed by atoms with E-state index < -0.39 is 0 Å². The maximum Gasteiger partial charge on any atom is 0.227 e. The number of rotatable bonds is 6. The predicted octanol–water partition coefficient (Wildman–Crippen LogP) is 3.93. The van der Waals surface area contributed by atoms with Crippen molar-refractivity contribution in [1.29, 1.82) is 0 Å². The van der Waals surface area contributed by atoms with Gasteiger partial charge in [-0.25, -0.2) is 0 Å². The molecular formula is C23H26N2O2. The Labute approximate surface area is 160 Å². The maximum absolute atomic E-state index is 12.6. The fourth-order valence-electron chi connectivity index (χ4n) is 3.80. The lowest BCUT2D eigenvalue weighted by Gasteiger charge is -2.19. The SMILES string of the molecule is Cc1ccc(C(NC(=O)Cc2ccc(N3CCCC3=O)cc2)C2CC2)cc1. The van der Waals surface area contributed by atoms with Crippen LogP contribution in [0.15, 0.2) is 48.5 Å². The third-order valence-electron chi connectivity index (χ3n) is 5.53. The monoisotopic (exact) mass is 362 g/mol. The molecule has 27 heavy (non-hydrogen) atoms. The van der Waals surface area contributed by atoms with Crippen molar-refractivity contribution in [3.63, 3.8) is 0 Å². The summed E-state index contributed by atoms with van der Waals surface area (Å²) in [7, 11) is 0. The van der Waals surface area contributed by atoms with Crippen LogP contribution in [-0.4, -0.2) is 18.4 Å². The second-order valence-corrected chi connectivity index (χ2v) is 7.79. The number of nitrogens with zero attached hydrogens (tertiary/aromatic N) is 1. The summed E-state index contributed by atoms with van der Waals surface area (Å²) in [6, 6.07) is 16.4. The van der Waals surface area contributed by atoms with Crippen LogP contribution in [0.1, 0.15) is 48.4 Å². The van der Waals surface area contributed by atoms with Gasteiger partial charge in [0.2, 0.25) is 11.8 Å². The summed E-state index contributed by atoms with van der Waals surface area (Å²) in [5, 5.41) is 3.24. The molecule has 140 valence electrons. The fraction of sp³-hybridized carbons (Fsp3) is 0.391. The van der Waals surface area contributed by atoms with E-state index in [0.717, 1.165) is 24.2 Å². The minimum absolute atomic E-state index is 0.0532. The van der Waals surface area contributed by atoms with Gasteiger partial charge in [0.25, 0.3) is 0 Å². The zero-order valence-electron chi connectivity index (χ0n) is 15.8. The van der Waals surface area contributed by atoms with E-state index in [9.17, 15) is 9.59 Å². The van der Waals surface area contributed by atoms with Crippen molar-refractivity contribution < 1.29 is 9.59 Å². The number of anilines is 1. The summed E-state index contributed by atoms with van der Waals surface area (Å²) in [6.07, 6.45) is 4.27. The van der Waals surface area contributed by atoms with E-state index in [1.54, 1.807) is 0 Å². The van der Waals surface area contributed by atoms with Crippen LogP contribution in [-0.2, 0) is 16.0 Å². The first kappa shape index (κ1) is 17.8. The number of nitrogens with one attached hydrogen (secondary N) is 1. The van der Waals surface area contributed by atoms with Gasteiger partial charge in [0, 0.05) is 18.7 Å². The fourth-order valence-corrected chi connectivity index (χ4v) is 3.80. The molecule has 0 radical (unpaired) electrons. The molecule has 1 aliphatic carbocycles. The van der Waals surface area contributed by atoms with Gasteiger partial charge in [-0.05, 0) is 55.4 Å². The number of amides is 2. The molecule has 4 heteroatoms. The lowest BCUT2D eigenvalue weighted by atomic mass is 10.0. The number of hydrogen-bond acceptors (Lipinski definition) is 2. The molecule has 1 atom stereocenters. The van der Waals surface area contributed by atoms with Crippen LogP contribution >= 0.6 is 0 Å². The Morgan fingerprint density at radius 2 is 1.81 bits per heavy atom. The average molecular weight is 362 g/mol. The van der Waals surface area contributed by atoms with Gasteiger partial charge in [0.05, 0.1) is 12.5 Å². The maximum atomic E-state index is 12.6. The molecular weight excluding hydrogens is 336 g/mol. The Kier molecular flexibility index (Phi) is 4.97.